The smallest absolute Gasteiger partial charge is 0.336 e. The second kappa shape index (κ2) is 4.19. The van der Waals surface area contributed by atoms with E-state index in [1.807, 2.05) is 6.07 Å². The zero-order chi connectivity index (χ0) is 10.6. The van der Waals surface area contributed by atoms with Gasteiger partial charge in [-0.15, -0.1) is 0 Å². The molecule has 4 nitrogen and oxygen atoms in total. The summed E-state index contributed by atoms with van der Waals surface area (Å²) in [4.78, 5) is 21.3. The summed E-state index contributed by atoms with van der Waals surface area (Å²) in [5.74, 6) is -1.16. The van der Waals surface area contributed by atoms with Gasteiger partial charge < -0.3 is 5.11 Å². The number of carboxylic acid groups (broad SMARTS) is 1. The Labute approximate surface area is 80.4 Å². The third-order valence-corrected chi connectivity index (χ3v) is 1.81. The van der Waals surface area contributed by atoms with Gasteiger partial charge in [0.05, 0.1) is 18.1 Å². The highest BCUT2D eigenvalue weighted by atomic mass is 16.4. The van der Waals surface area contributed by atoms with Crippen LogP contribution in [0.15, 0.2) is 18.2 Å². The van der Waals surface area contributed by atoms with Crippen LogP contribution in [0.4, 0.5) is 0 Å². The Hall–Kier alpha value is -2.15. The van der Waals surface area contributed by atoms with Crippen molar-refractivity contribution in [1.82, 2.24) is 0 Å². The minimum atomic E-state index is -1.16. The summed E-state index contributed by atoms with van der Waals surface area (Å²) in [7, 11) is 0. The highest BCUT2D eigenvalue weighted by Gasteiger charge is 2.12. The summed E-state index contributed by atoms with van der Waals surface area (Å²) in [5.41, 5.74) is 0.469. The SMILES string of the molecule is N#CCc1cccc(C(=O)O)c1C=O. The van der Waals surface area contributed by atoms with Gasteiger partial charge in [0, 0.05) is 5.56 Å². The van der Waals surface area contributed by atoms with E-state index in [2.05, 4.69) is 0 Å². The molecule has 0 radical (unpaired) electrons. The number of carbonyl (C=O) groups excluding carboxylic acids is 1. The molecule has 1 aromatic carbocycles. The molecular weight excluding hydrogens is 182 g/mol. The number of rotatable bonds is 3. The maximum atomic E-state index is 10.7. The zero-order valence-corrected chi connectivity index (χ0v) is 7.23. The Morgan fingerprint density at radius 2 is 2.29 bits per heavy atom. The summed E-state index contributed by atoms with van der Waals surface area (Å²) < 4.78 is 0. The Bertz CT molecular complexity index is 418. The summed E-state index contributed by atoms with van der Waals surface area (Å²) in [6, 6.07) is 6.30. The van der Waals surface area contributed by atoms with Crippen LogP contribution >= 0.6 is 0 Å². The summed E-state index contributed by atoms with van der Waals surface area (Å²) in [5, 5.41) is 17.2. The molecule has 14 heavy (non-hydrogen) atoms. The van der Waals surface area contributed by atoms with Crippen LogP contribution in [0.3, 0.4) is 0 Å². The van der Waals surface area contributed by atoms with Gasteiger partial charge in [0.25, 0.3) is 0 Å². The summed E-state index contributed by atoms with van der Waals surface area (Å²) in [6.45, 7) is 0. The molecule has 0 atom stereocenters. The minimum Gasteiger partial charge on any atom is -0.478 e. The van der Waals surface area contributed by atoms with E-state index in [4.69, 9.17) is 10.4 Å². The van der Waals surface area contributed by atoms with Crippen molar-refractivity contribution in [3.05, 3.63) is 34.9 Å². The van der Waals surface area contributed by atoms with Gasteiger partial charge in [0.15, 0.2) is 6.29 Å². The number of carboxylic acids is 1. The first-order valence-electron chi connectivity index (χ1n) is 3.88. The fourth-order valence-electron chi connectivity index (χ4n) is 1.18. The topological polar surface area (TPSA) is 78.2 Å². The highest BCUT2D eigenvalue weighted by molar-refractivity contribution is 5.98. The van der Waals surface area contributed by atoms with Crippen LogP contribution < -0.4 is 0 Å². The maximum absolute atomic E-state index is 10.7. The first kappa shape index (κ1) is 9.93. The van der Waals surface area contributed by atoms with Gasteiger partial charge in [-0.1, -0.05) is 12.1 Å². The van der Waals surface area contributed by atoms with Crippen molar-refractivity contribution in [3.8, 4) is 6.07 Å². The lowest BCUT2D eigenvalue weighted by Crippen LogP contribution is -2.04. The number of aldehydes is 1. The number of carbonyl (C=O) groups is 2. The van der Waals surface area contributed by atoms with Crippen molar-refractivity contribution in [2.24, 2.45) is 0 Å². The van der Waals surface area contributed by atoms with Crippen LogP contribution in [0.25, 0.3) is 0 Å². The molecule has 70 valence electrons. The molecule has 1 rings (SSSR count). The molecule has 0 fully saturated rings. The molecule has 0 aliphatic carbocycles. The van der Waals surface area contributed by atoms with E-state index in [0.29, 0.717) is 11.8 Å². The fraction of sp³-hybridized carbons (Fsp3) is 0.100. The molecule has 1 N–H and O–H groups in total. The first-order chi connectivity index (χ1) is 6.70. The number of nitrogens with zero attached hydrogens (tertiary/aromatic N) is 1. The van der Waals surface area contributed by atoms with Crippen molar-refractivity contribution in [2.75, 3.05) is 0 Å². The van der Waals surface area contributed by atoms with Crippen LogP contribution in [0.2, 0.25) is 0 Å². The molecule has 0 saturated heterocycles. The van der Waals surface area contributed by atoms with Crippen LogP contribution in [0, 0.1) is 11.3 Å². The summed E-state index contributed by atoms with van der Waals surface area (Å²) in [6.07, 6.45) is 0.505. The third-order valence-electron chi connectivity index (χ3n) is 1.81. The molecule has 0 spiro atoms. The molecule has 0 saturated carbocycles. The maximum Gasteiger partial charge on any atom is 0.336 e. The monoisotopic (exact) mass is 189 g/mol. The molecule has 0 heterocycles. The zero-order valence-electron chi connectivity index (χ0n) is 7.23. The van der Waals surface area contributed by atoms with E-state index in [1.165, 1.54) is 12.1 Å². The number of hydrogen-bond donors (Lipinski definition) is 1. The number of benzene rings is 1. The van der Waals surface area contributed by atoms with Crippen LogP contribution in [-0.4, -0.2) is 17.4 Å². The van der Waals surface area contributed by atoms with Gasteiger partial charge in [-0.3, -0.25) is 4.79 Å². The molecule has 4 heteroatoms. The highest BCUT2D eigenvalue weighted by Crippen LogP contribution is 2.13. The third kappa shape index (κ3) is 1.77. The predicted octanol–water partition coefficient (Wildman–Crippen LogP) is 1.26. The van der Waals surface area contributed by atoms with E-state index in [1.54, 1.807) is 6.07 Å². The summed E-state index contributed by atoms with van der Waals surface area (Å²) >= 11 is 0. The van der Waals surface area contributed by atoms with E-state index < -0.39 is 5.97 Å². The Kier molecular flexibility index (Phi) is 2.97. The fourth-order valence-corrected chi connectivity index (χ4v) is 1.18. The van der Waals surface area contributed by atoms with E-state index in [-0.39, 0.29) is 17.5 Å². The molecule has 0 bridgehead atoms. The molecule has 1 aromatic rings. The van der Waals surface area contributed by atoms with E-state index in [9.17, 15) is 9.59 Å². The Morgan fingerprint density at radius 1 is 1.57 bits per heavy atom. The van der Waals surface area contributed by atoms with Gasteiger partial charge in [0.1, 0.15) is 0 Å². The lowest BCUT2D eigenvalue weighted by molar-refractivity contribution is 0.0694. The number of nitriles is 1. The van der Waals surface area contributed by atoms with Crippen LogP contribution in [-0.2, 0) is 6.42 Å². The Morgan fingerprint density at radius 3 is 2.79 bits per heavy atom. The standard InChI is InChI=1S/C10H7NO3/c11-5-4-7-2-1-3-8(10(13)14)9(7)6-12/h1-3,6H,4H2,(H,13,14). The van der Waals surface area contributed by atoms with Crippen molar-refractivity contribution >= 4 is 12.3 Å². The van der Waals surface area contributed by atoms with Crippen molar-refractivity contribution in [3.63, 3.8) is 0 Å². The second-order valence-corrected chi connectivity index (χ2v) is 2.64. The second-order valence-electron chi connectivity index (χ2n) is 2.64. The minimum absolute atomic E-state index is 0.0369. The molecular formula is C10H7NO3. The molecule has 0 aromatic heterocycles. The molecule has 0 unspecified atom stereocenters. The largest absolute Gasteiger partial charge is 0.478 e. The van der Waals surface area contributed by atoms with Crippen molar-refractivity contribution < 1.29 is 14.7 Å². The first-order valence-corrected chi connectivity index (χ1v) is 3.88. The van der Waals surface area contributed by atoms with Crippen LogP contribution in [0.5, 0.6) is 0 Å². The van der Waals surface area contributed by atoms with E-state index in [0.717, 1.165) is 0 Å². The van der Waals surface area contributed by atoms with Gasteiger partial charge in [-0.2, -0.15) is 5.26 Å². The van der Waals surface area contributed by atoms with Crippen molar-refractivity contribution in [2.45, 2.75) is 6.42 Å². The average Bonchev–Trinajstić information content (AvgIpc) is 2.18. The lowest BCUT2D eigenvalue weighted by Gasteiger charge is -2.03. The average molecular weight is 189 g/mol. The molecule has 0 aliphatic heterocycles. The normalized spacial score (nSPS) is 9.07. The van der Waals surface area contributed by atoms with Gasteiger partial charge >= 0.3 is 5.97 Å². The lowest BCUT2D eigenvalue weighted by atomic mass is 10.0. The van der Waals surface area contributed by atoms with Crippen molar-refractivity contribution in [1.29, 1.82) is 5.26 Å². The quantitative estimate of drug-likeness (QED) is 0.726. The van der Waals surface area contributed by atoms with Gasteiger partial charge in [-0.05, 0) is 11.6 Å². The van der Waals surface area contributed by atoms with Gasteiger partial charge in [0.2, 0.25) is 0 Å². The Balaban J connectivity index is 3.33. The van der Waals surface area contributed by atoms with Gasteiger partial charge in [-0.25, -0.2) is 4.79 Å². The van der Waals surface area contributed by atoms with E-state index >= 15 is 0 Å². The van der Waals surface area contributed by atoms with Crippen LogP contribution in [0.1, 0.15) is 26.3 Å². The molecule has 0 aliphatic rings. The number of hydrogen-bond acceptors (Lipinski definition) is 3. The molecule has 0 amide bonds. The number of aromatic carboxylic acids is 1. The predicted molar refractivity (Wildman–Crippen MR) is 48.1 cm³/mol.